The number of ketones is 1. The molecular weight excluding hydrogens is 244 g/mol. The molecule has 0 aliphatic heterocycles. The highest BCUT2D eigenvalue weighted by molar-refractivity contribution is 7.09. The molecule has 0 N–H and O–H groups in total. The van der Waals surface area contributed by atoms with E-state index >= 15 is 0 Å². The Balaban J connectivity index is 2.09. The molecule has 0 aliphatic rings. The maximum absolute atomic E-state index is 11.5. The van der Waals surface area contributed by atoms with Gasteiger partial charge in [-0.15, -0.1) is 11.3 Å². The molecule has 2 aromatic rings. The standard InChI is InChI=1S/C14H16N2OS/c1-11(17)13-6-3-8-15-14(13)16(2)9-7-12-5-4-10-18-12/h3-6,8,10H,7,9H2,1-2H3. The Bertz CT molecular complexity index is 522. The lowest BCUT2D eigenvalue weighted by molar-refractivity contribution is 0.101. The molecule has 2 rings (SSSR count). The number of anilines is 1. The van der Waals surface area contributed by atoms with Crippen LogP contribution in [0.25, 0.3) is 0 Å². The first-order valence-corrected chi connectivity index (χ1v) is 6.76. The first-order valence-electron chi connectivity index (χ1n) is 5.88. The summed E-state index contributed by atoms with van der Waals surface area (Å²) in [4.78, 5) is 19.2. The topological polar surface area (TPSA) is 33.2 Å². The molecule has 0 aliphatic carbocycles. The molecule has 0 saturated heterocycles. The van der Waals surface area contributed by atoms with Crippen LogP contribution in [0.15, 0.2) is 35.8 Å². The van der Waals surface area contributed by atoms with Gasteiger partial charge in [0, 0.05) is 24.7 Å². The Labute approximate surface area is 111 Å². The molecule has 0 unspecified atom stereocenters. The van der Waals surface area contributed by atoms with Gasteiger partial charge in [0.1, 0.15) is 5.82 Å². The number of thiophene rings is 1. The minimum Gasteiger partial charge on any atom is -0.359 e. The third kappa shape index (κ3) is 2.96. The molecular formula is C14H16N2OS. The van der Waals surface area contributed by atoms with Crippen LogP contribution in [0.5, 0.6) is 0 Å². The zero-order valence-electron chi connectivity index (χ0n) is 10.6. The lowest BCUT2D eigenvalue weighted by Crippen LogP contribution is -2.23. The second kappa shape index (κ2) is 5.78. The average molecular weight is 260 g/mol. The largest absolute Gasteiger partial charge is 0.359 e. The fourth-order valence-electron chi connectivity index (χ4n) is 1.81. The van der Waals surface area contributed by atoms with Crippen molar-refractivity contribution in [3.05, 3.63) is 46.3 Å². The number of hydrogen-bond acceptors (Lipinski definition) is 4. The van der Waals surface area contributed by atoms with E-state index in [2.05, 4.69) is 22.5 Å². The van der Waals surface area contributed by atoms with Gasteiger partial charge in [-0.3, -0.25) is 4.79 Å². The number of aromatic nitrogens is 1. The summed E-state index contributed by atoms with van der Waals surface area (Å²) in [5.74, 6) is 0.822. The number of nitrogens with zero attached hydrogens (tertiary/aromatic N) is 2. The maximum atomic E-state index is 11.5. The van der Waals surface area contributed by atoms with Crippen LogP contribution in [-0.2, 0) is 6.42 Å². The van der Waals surface area contributed by atoms with Gasteiger partial charge < -0.3 is 4.90 Å². The zero-order valence-corrected chi connectivity index (χ0v) is 11.4. The van der Waals surface area contributed by atoms with Crippen LogP contribution in [0.2, 0.25) is 0 Å². The molecule has 2 heterocycles. The van der Waals surface area contributed by atoms with Crippen molar-refractivity contribution in [3.63, 3.8) is 0 Å². The van der Waals surface area contributed by atoms with E-state index in [0.717, 1.165) is 18.8 Å². The van der Waals surface area contributed by atoms with Crippen molar-refractivity contribution in [3.8, 4) is 0 Å². The fraction of sp³-hybridized carbons (Fsp3) is 0.286. The molecule has 0 radical (unpaired) electrons. The second-order valence-electron chi connectivity index (χ2n) is 4.18. The summed E-state index contributed by atoms with van der Waals surface area (Å²) < 4.78 is 0. The fourth-order valence-corrected chi connectivity index (χ4v) is 2.51. The van der Waals surface area contributed by atoms with E-state index in [1.807, 2.05) is 18.0 Å². The van der Waals surface area contributed by atoms with Crippen molar-refractivity contribution in [1.82, 2.24) is 4.98 Å². The molecule has 0 amide bonds. The van der Waals surface area contributed by atoms with Crippen molar-refractivity contribution in [2.75, 3.05) is 18.5 Å². The lowest BCUT2D eigenvalue weighted by atomic mass is 10.2. The van der Waals surface area contributed by atoms with Gasteiger partial charge in [0.2, 0.25) is 0 Å². The highest BCUT2D eigenvalue weighted by Gasteiger charge is 2.11. The Morgan fingerprint density at radius 2 is 2.22 bits per heavy atom. The van der Waals surface area contributed by atoms with Gasteiger partial charge in [0.25, 0.3) is 0 Å². The van der Waals surface area contributed by atoms with Gasteiger partial charge in [-0.2, -0.15) is 0 Å². The Morgan fingerprint density at radius 1 is 1.39 bits per heavy atom. The summed E-state index contributed by atoms with van der Waals surface area (Å²) in [6.07, 6.45) is 2.70. The van der Waals surface area contributed by atoms with Crippen LogP contribution in [0.4, 0.5) is 5.82 Å². The summed E-state index contributed by atoms with van der Waals surface area (Å²) in [5.41, 5.74) is 0.686. The van der Waals surface area contributed by atoms with Crippen molar-refractivity contribution in [1.29, 1.82) is 0 Å². The van der Waals surface area contributed by atoms with Gasteiger partial charge in [0.15, 0.2) is 5.78 Å². The monoisotopic (exact) mass is 260 g/mol. The molecule has 0 bridgehead atoms. The number of carbonyl (C=O) groups excluding carboxylic acids is 1. The summed E-state index contributed by atoms with van der Waals surface area (Å²) in [6.45, 7) is 2.44. The van der Waals surface area contributed by atoms with Gasteiger partial charge in [-0.1, -0.05) is 6.07 Å². The maximum Gasteiger partial charge on any atom is 0.163 e. The van der Waals surface area contributed by atoms with Crippen LogP contribution in [0.3, 0.4) is 0 Å². The van der Waals surface area contributed by atoms with Crippen LogP contribution in [0, 0.1) is 0 Å². The van der Waals surface area contributed by atoms with Gasteiger partial charge in [-0.05, 0) is 36.9 Å². The number of carbonyl (C=O) groups is 1. The van der Waals surface area contributed by atoms with E-state index in [-0.39, 0.29) is 5.78 Å². The van der Waals surface area contributed by atoms with Crippen LogP contribution in [-0.4, -0.2) is 24.4 Å². The third-order valence-corrected chi connectivity index (χ3v) is 3.74. The number of pyridine rings is 1. The van der Waals surface area contributed by atoms with Gasteiger partial charge >= 0.3 is 0 Å². The summed E-state index contributed by atoms with van der Waals surface area (Å²) >= 11 is 1.76. The van der Waals surface area contributed by atoms with E-state index in [1.54, 1.807) is 30.5 Å². The Morgan fingerprint density at radius 3 is 2.89 bits per heavy atom. The van der Waals surface area contributed by atoms with Crippen molar-refractivity contribution < 1.29 is 4.79 Å². The highest BCUT2D eigenvalue weighted by Crippen LogP contribution is 2.17. The molecule has 4 heteroatoms. The van der Waals surface area contributed by atoms with Gasteiger partial charge in [-0.25, -0.2) is 4.98 Å². The van der Waals surface area contributed by atoms with E-state index < -0.39 is 0 Å². The molecule has 18 heavy (non-hydrogen) atoms. The summed E-state index contributed by atoms with van der Waals surface area (Å²) in [5, 5.41) is 2.08. The molecule has 0 aromatic carbocycles. The smallest absolute Gasteiger partial charge is 0.163 e. The molecule has 0 fully saturated rings. The number of rotatable bonds is 5. The minimum absolute atomic E-state index is 0.0565. The van der Waals surface area contributed by atoms with Crippen LogP contribution < -0.4 is 4.90 Å². The first kappa shape index (κ1) is 12.8. The van der Waals surface area contributed by atoms with Crippen molar-refractivity contribution in [2.24, 2.45) is 0 Å². The predicted molar refractivity (Wildman–Crippen MR) is 75.5 cm³/mol. The van der Waals surface area contributed by atoms with Gasteiger partial charge in [0.05, 0.1) is 5.56 Å². The normalized spacial score (nSPS) is 10.3. The average Bonchev–Trinajstić information content (AvgIpc) is 2.89. The zero-order chi connectivity index (χ0) is 13.0. The van der Waals surface area contributed by atoms with E-state index in [9.17, 15) is 4.79 Å². The molecule has 0 saturated carbocycles. The van der Waals surface area contributed by atoms with E-state index in [0.29, 0.717) is 5.56 Å². The first-order chi connectivity index (χ1) is 8.68. The minimum atomic E-state index is 0.0565. The molecule has 2 aromatic heterocycles. The third-order valence-electron chi connectivity index (χ3n) is 2.80. The number of Topliss-reactive ketones (excluding diaryl/α,β-unsaturated/α-hetero) is 1. The quantitative estimate of drug-likeness (QED) is 0.775. The summed E-state index contributed by atoms with van der Waals surface area (Å²) in [6, 6.07) is 7.81. The van der Waals surface area contributed by atoms with Crippen LogP contribution in [0.1, 0.15) is 22.2 Å². The summed E-state index contributed by atoms with van der Waals surface area (Å²) in [7, 11) is 1.97. The molecule has 94 valence electrons. The molecule has 0 atom stereocenters. The SMILES string of the molecule is CC(=O)c1cccnc1N(C)CCc1cccs1. The molecule has 0 spiro atoms. The highest BCUT2D eigenvalue weighted by atomic mass is 32.1. The van der Waals surface area contributed by atoms with Crippen molar-refractivity contribution in [2.45, 2.75) is 13.3 Å². The number of likely N-dealkylation sites (N-methyl/N-ethyl adjacent to an activating group) is 1. The Hall–Kier alpha value is -1.68. The second-order valence-corrected chi connectivity index (χ2v) is 5.21. The lowest BCUT2D eigenvalue weighted by Gasteiger charge is -2.19. The predicted octanol–water partition coefficient (Wildman–Crippen LogP) is 3.02. The van der Waals surface area contributed by atoms with Crippen LogP contribution >= 0.6 is 11.3 Å². The van der Waals surface area contributed by atoms with Crippen molar-refractivity contribution >= 4 is 22.9 Å². The van der Waals surface area contributed by atoms with E-state index in [1.165, 1.54) is 4.88 Å². The number of hydrogen-bond donors (Lipinski definition) is 0. The molecule has 3 nitrogen and oxygen atoms in total. The van der Waals surface area contributed by atoms with E-state index in [4.69, 9.17) is 0 Å². The Kier molecular flexibility index (Phi) is 4.10.